The normalized spacial score (nSPS) is 10.8. The number of hydrogen-bond donors (Lipinski definition) is 2. The van der Waals surface area contributed by atoms with Gasteiger partial charge in [0.05, 0.1) is 31.3 Å². The molecule has 0 spiro atoms. The Bertz CT molecular complexity index is 1740. The molecule has 2 aromatic carbocycles. The summed E-state index contributed by atoms with van der Waals surface area (Å²) in [6, 6.07) is 23.7. The first-order chi connectivity index (χ1) is 19.5. The second kappa shape index (κ2) is 11.6. The van der Waals surface area contributed by atoms with Gasteiger partial charge in [0, 0.05) is 35.5 Å². The number of ether oxygens (including phenoxy) is 1. The number of aromatic nitrogens is 3. The van der Waals surface area contributed by atoms with Gasteiger partial charge in [-0.3, -0.25) is 19.4 Å². The molecule has 1 amide bonds. The molecular formula is C31H26N4O5. The van der Waals surface area contributed by atoms with Gasteiger partial charge in [-0.1, -0.05) is 60.7 Å². The minimum atomic E-state index is -0.671. The predicted molar refractivity (Wildman–Crippen MR) is 151 cm³/mol. The number of methoxy groups -OCH3 is 1. The molecule has 0 aliphatic rings. The number of carbonyl (C=O) groups is 2. The molecular weight excluding hydrogens is 508 g/mol. The highest BCUT2D eigenvalue weighted by atomic mass is 16.5. The first-order valence-corrected chi connectivity index (χ1v) is 12.6. The van der Waals surface area contributed by atoms with Crippen molar-refractivity contribution in [2.45, 2.75) is 13.0 Å². The lowest BCUT2D eigenvalue weighted by atomic mass is 10.0. The molecule has 0 unspecified atom stereocenters. The highest BCUT2D eigenvalue weighted by Gasteiger charge is 2.24. The number of hydrogen-bond acceptors (Lipinski definition) is 7. The van der Waals surface area contributed by atoms with Crippen molar-refractivity contribution in [2.24, 2.45) is 0 Å². The molecule has 0 atom stereocenters. The molecule has 3 aromatic heterocycles. The van der Waals surface area contributed by atoms with E-state index in [1.807, 2.05) is 60.7 Å². The highest BCUT2D eigenvalue weighted by Crippen LogP contribution is 2.36. The van der Waals surface area contributed by atoms with Crippen molar-refractivity contribution in [3.8, 4) is 28.1 Å². The molecule has 0 saturated heterocycles. The summed E-state index contributed by atoms with van der Waals surface area (Å²) in [4.78, 5) is 47.5. The Balaban J connectivity index is 1.79. The minimum Gasteiger partial charge on any atom is -0.505 e. The number of carbonyl (C=O) groups excluding carboxylic acids is 2. The van der Waals surface area contributed by atoms with Gasteiger partial charge >= 0.3 is 5.97 Å². The molecule has 3 heterocycles. The first-order valence-electron chi connectivity index (χ1n) is 12.6. The Labute approximate surface area is 229 Å². The van der Waals surface area contributed by atoms with Crippen LogP contribution in [0.5, 0.6) is 5.75 Å². The Hall–Kier alpha value is -5.31. The van der Waals surface area contributed by atoms with E-state index in [4.69, 9.17) is 0 Å². The van der Waals surface area contributed by atoms with Crippen LogP contribution in [0.1, 0.15) is 22.5 Å². The van der Waals surface area contributed by atoms with Crippen molar-refractivity contribution in [3.05, 3.63) is 113 Å². The van der Waals surface area contributed by atoms with Crippen molar-refractivity contribution in [1.82, 2.24) is 19.9 Å². The molecule has 5 aromatic rings. The maximum absolute atomic E-state index is 14.0. The fourth-order valence-corrected chi connectivity index (χ4v) is 4.52. The third kappa shape index (κ3) is 5.30. The molecule has 0 fully saturated rings. The van der Waals surface area contributed by atoms with E-state index in [0.29, 0.717) is 27.9 Å². The Morgan fingerprint density at radius 2 is 1.68 bits per heavy atom. The molecule has 0 aliphatic carbocycles. The summed E-state index contributed by atoms with van der Waals surface area (Å²) in [5.74, 6) is -1.53. The number of esters is 1. The fraction of sp³-hybridized carbons (Fsp3) is 0.129. The maximum atomic E-state index is 14.0. The molecule has 0 radical (unpaired) electrons. The van der Waals surface area contributed by atoms with E-state index in [9.17, 15) is 19.5 Å². The Morgan fingerprint density at radius 3 is 2.35 bits per heavy atom. The van der Waals surface area contributed by atoms with Crippen LogP contribution in [-0.2, 0) is 16.1 Å². The average molecular weight is 535 g/mol. The van der Waals surface area contributed by atoms with E-state index < -0.39 is 11.9 Å². The zero-order valence-corrected chi connectivity index (χ0v) is 21.7. The molecule has 5 rings (SSSR count). The number of rotatable bonds is 8. The Kier molecular flexibility index (Phi) is 7.63. The second-order valence-corrected chi connectivity index (χ2v) is 9.04. The van der Waals surface area contributed by atoms with Crippen LogP contribution >= 0.6 is 0 Å². The largest absolute Gasteiger partial charge is 0.505 e. The molecule has 0 aliphatic heterocycles. The molecule has 9 nitrogen and oxygen atoms in total. The van der Waals surface area contributed by atoms with E-state index in [-0.39, 0.29) is 41.9 Å². The van der Waals surface area contributed by atoms with Gasteiger partial charge < -0.3 is 19.7 Å². The lowest BCUT2D eigenvalue weighted by Crippen LogP contribution is -2.28. The monoisotopic (exact) mass is 534 g/mol. The zero-order chi connectivity index (χ0) is 28.1. The summed E-state index contributed by atoms with van der Waals surface area (Å²) < 4.78 is 6.20. The van der Waals surface area contributed by atoms with Crippen LogP contribution in [0.4, 0.5) is 0 Å². The first kappa shape index (κ1) is 26.3. The number of benzene rings is 2. The molecule has 2 N–H and O–H groups in total. The maximum Gasteiger partial charge on any atom is 0.307 e. The van der Waals surface area contributed by atoms with Gasteiger partial charge in [0.2, 0.25) is 0 Å². The fourth-order valence-electron chi connectivity index (χ4n) is 4.52. The molecule has 200 valence electrons. The van der Waals surface area contributed by atoms with Crippen LogP contribution in [0.2, 0.25) is 0 Å². The molecule has 0 saturated carbocycles. The predicted octanol–water partition coefficient (Wildman–Crippen LogP) is 4.17. The number of aromatic hydroxyl groups is 1. The summed E-state index contributed by atoms with van der Waals surface area (Å²) in [7, 11) is 1.26. The third-order valence-electron chi connectivity index (χ3n) is 6.48. The van der Waals surface area contributed by atoms with Gasteiger partial charge in [0.25, 0.3) is 11.5 Å². The number of nitrogens with zero attached hydrogens (tertiary/aromatic N) is 3. The molecule has 40 heavy (non-hydrogen) atoms. The van der Waals surface area contributed by atoms with E-state index in [1.165, 1.54) is 7.11 Å². The van der Waals surface area contributed by atoms with Crippen LogP contribution in [0.3, 0.4) is 0 Å². The van der Waals surface area contributed by atoms with E-state index in [1.54, 1.807) is 35.2 Å². The SMILES string of the molecule is COC(=O)CCNC(=O)c1nc(-c2cccnc2)c2c(cc(-c3ccccc3)c(=O)n2Cc2ccccc2)c1O. The van der Waals surface area contributed by atoms with Crippen LogP contribution in [-0.4, -0.2) is 45.2 Å². The van der Waals surface area contributed by atoms with Crippen molar-refractivity contribution in [3.63, 3.8) is 0 Å². The van der Waals surface area contributed by atoms with Crippen molar-refractivity contribution in [1.29, 1.82) is 0 Å². The topological polar surface area (TPSA) is 123 Å². The summed E-state index contributed by atoms with van der Waals surface area (Å²) in [6.45, 7) is 0.200. The number of nitrogens with one attached hydrogen (secondary N) is 1. The Morgan fingerprint density at radius 1 is 0.975 bits per heavy atom. The minimum absolute atomic E-state index is 0.00431. The zero-order valence-electron chi connectivity index (χ0n) is 21.7. The highest BCUT2D eigenvalue weighted by molar-refractivity contribution is 6.06. The number of amides is 1. The van der Waals surface area contributed by atoms with Gasteiger partial charge in [0.1, 0.15) is 0 Å². The number of pyridine rings is 3. The van der Waals surface area contributed by atoms with Gasteiger partial charge in [-0.2, -0.15) is 0 Å². The van der Waals surface area contributed by atoms with E-state index in [2.05, 4.69) is 20.0 Å². The van der Waals surface area contributed by atoms with Crippen LogP contribution in [0.25, 0.3) is 33.3 Å². The summed E-state index contributed by atoms with van der Waals surface area (Å²) in [5.41, 5.74) is 2.63. The van der Waals surface area contributed by atoms with Gasteiger partial charge in [-0.15, -0.1) is 0 Å². The summed E-state index contributed by atoms with van der Waals surface area (Å²) >= 11 is 0. The van der Waals surface area contributed by atoms with Crippen LogP contribution < -0.4 is 10.9 Å². The van der Waals surface area contributed by atoms with Crippen LogP contribution in [0, 0.1) is 0 Å². The third-order valence-corrected chi connectivity index (χ3v) is 6.48. The van der Waals surface area contributed by atoms with Crippen LogP contribution in [0.15, 0.2) is 96.1 Å². The quantitative estimate of drug-likeness (QED) is 0.286. The lowest BCUT2D eigenvalue weighted by Gasteiger charge is -2.19. The standard InChI is InChI=1S/C31H26N4O5/c1-40-25(36)14-16-33-30(38)27-29(37)24-17-23(21-11-6-3-7-12-21)31(39)35(19-20-9-4-2-5-10-20)28(24)26(34-27)22-13-8-15-32-18-22/h2-13,15,17-18,37H,14,16,19H2,1H3,(H,33,38). The smallest absolute Gasteiger partial charge is 0.307 e. The molecule has 9 heteroatoms. The van der Waals surface area contributed by atoms with Gasteiger partial charge in [0.15, 0.2) is 11.4 Å². The van der Waals surface area contributed by atoms with Crippen molar-refractivity contribution >= 4 is 22.8 Å². The van der Waals surface area contributed by atoms with Gasteiger partial charge in [-0.25, -0.2) is 4.98 Å². The van der Waals surface area contributed by atoms with E-state index >= 15 is 0 Å². The molecule has 0 bridgehead atoms. The summed E-state index contributed by atoms with van der Waals surface area (Å²) in [5, 5.41) is 14.3. The van der Waals surface area contributed by atoms with Crippen molar-refractivity contribution in [2.75, 3.05) is 13.7 Å². The lowest BCUT2D eigenvalue weighted by molar-refractivity contribution is -0.140. The van der Waals surface area contributed by atoms with E-state index in [0.717, 1.165) is 5.56 Å². The number of fused-ring (bicyclic) bond motifs is 1. The van der Waals surface area contributed by atoms with Crippen molar-refractivity contribution < 1.29 is 19.4 Å². The summed E-state index contributed by atoms with van der Waals surface area (Å²) in [6.07, 6.45) is 3.15. The van der Waals surface area contributed by atoms with Gasteiger partial charge in [-0.05, 0) is 29.3 Å². The second-order valence-electron chi connectivity index (χ2n) is 9.04. The average Bonchev–Trinajstić information content (AvgIpc) is 2.99.